The van der Waals surface area contributed by atoms with Gasteiger partial charge in [-0.05, 0) is 37.7 Å². The second-order valence-corrected chi connectivity index (χ2v) is 6.08. The molecule has 21 heavy (non-hydrogen) atoms. The minimum atomic E-state index is -4.07. The smallest absolute Gasteiger partial charge is 0.356 e. The van der Waals surface area contributed by atoms with Gasteiger partial charge in [0.2, 0.25) is 0 Å². The molecule has 1 aliphatic rings. The Hall–Kier alpha value is 0.140. The molecule has 0 bridgehead atoms. The van der Waals surface area contributed by atoms with Crippen LogP contribution in [0.25, 0.3) is 0 Å². The highest BCUT2D eigenvalue weighted by atomic mass is 127. The maximum absolute atomic E-state index is 12.7. The molecule has 2 atom stereocenters. The Morgan fingerprint density at radius 3 is 2.62 bits per heavy atom. The minimum absolute atomic E-state index is 0. The maximum atomic E-state index is 12.7. The molecule has 0 amide bonds. The van der Waals surface area contributed by atoms with Crippen LogP contribution in [-0.4, -0.2) is 43.8 Å². The molecular formula is C13H25F3IN3S. The predicted octanol–water partition coefficient (Wildman–Crippen LogP) is 3.64. The highest BCUT2D eigenvalue weighted by Gasteiger charge is 2.42. The first-order valence-electron chi connectivity index (χ1n) is 7.00. The fourth-order valence-electron chi connectivity index (χ4n) is 2.43. The Kier molecular flexibility index (Phi) is 10.9. The van der Waals surface area contributed by atoms with Crippen LogP contribution in [0.2, 0.25) is 0 Å². The summed E-state index contributed by atoms with van der Waals surface area (Å²) in [5.74, 6) is 0.492. The molecule has 0 radical (unpaired) electrons. The van der Waals surface area contributed by atoms with Crippen LogP contribution < -0.4 is 10.6 Å². The van der Waals surface area contributed by atoms with Crippen molar-refractivity contribution in [2.24, 2.45) is 10.9 Å². The average Bonchev–Trinajstić information content (AvgIpc) is 2.41. The van der Waals surface area contributed by atoms with Crippen LogP contribution in [-0.2, 0) is 0 Å². The Bertz CT molecular complexity index is 314. The van der Waals surface area contributed by atoms with Crippen molar-refractivity contribution in [1.29, 1.82) is 0 Å². The van der Waals surface area contributed by atoms with Crippen LogP contribution in [0.4, 0.5) is 13.2 Å². The minimum Gasteiger partial charge on any atom is -0.356 e. The van der Waals surface area contributed by atoms with Gasteiger partial charge in [-0.2, -0.15) is 24.9 Å². The second kappa shape index (κ2) is 10.8. The molecule has 0 saturated heterocycles. The molecule has 2 unspecified atom stereocenters. The van der Waals surface area contributed by atoms with Gasteiger partial charge in [-0.1, -0.05) is 6.42 Å². The van der Waals surface area contributed by atoms with Crippen molar-refractivity contribution in [2.75, 3.05) is 25.6 Å². The van der Waals surface area contributed by atoms with E-state index >= 15 is 0 Å². The van der Waals surface area contributed by atoms with E-state index in [1.165, 1.54) is 0 Å². The molecule has 0 aromatic rings. The Morgan fingerprint density at radius 1 is 1.33 bits per heavy atom. The first-order valence-corrected chi connectivity index (χ1v) is 8.39. The molecule has 1 saturated carbocycles. The van der Waals surface area contributed by atoms with Gasteiger partial charge in [-0.3, -0.25) is 4.99 Å². The summed E-state index contributed by atoms with van der Waals surface area (Å²) in [4.78, 5) is 4.07. The molecule has 2 N–H and O–H groups in total. The number of hydrogen-bond acceptors (Lipinski definition) is 2. The molecular weight excluding hydrogens is 414 g/mol. The number of aliphatic imine (C=N–C) groups is 1. The third-order valence-electron chi connectivity index (χ3n) is 3.52. The van der Waals surface area contributed by atoms with Crippen LogP contribution in [0.15, 0.2) is 4.99 Å². The van der Waals surface area contributed by atoms with Crippen molar-refractivity contribution in [3.63, 3.8) is 0 Å². The molecule has 8 heteroatoms. The molecule has 0 heterocycles. The Labute approximate surface area is 146 Å². The average molecular weight is 439 g/mol. The third kappa shape index (κ3) is 8.37. The van der Waals surface area contributed by atoms with E-state index < -0.39 is 12.1 Å². The van der Waals surface area contributed by atoms with E-state index in [0.29, 0.717) is 12.4 Å². The normalized spacial score (nSPS) is 23.4. The van der Waals surface area contributed by atoms with E-state index in [1.807, 2.05) is 6.26 Å². The quantitative estimate of drug-likeness (QED) is 0.297. The highest BCUT2D eigenvalue weighted by Crippen LogP contribution is 2.37. The van der Waals surface area contributed by atoms with Gasteiger partial charge < -0.3 is 10.6 Å². The number of thioether (sulfide) groups is 1. The van der Waals surface area contributed by atoms with Crippen molar-refractivity contribution < 1.29 is 13.2 Å². The standard InChI is InChI=1S/C13H24F3N3S.HI/c1-17-12(18-7-4-8-20-2)19-11-6-3-5-10(9-11)13(14,15)16;/h10-11H,3-9H2,1-2H3,(H2,17,18,19);1H. The molecule has 3 nitrogen and oxygen atoms in total. The summed E-state index contributed by atoms with van der Waals surface area (Å²) in [6.45, 7) is 0.788. The van der Waals surface area contributed by atoms with Crippen molar-refractivity contribution in [2.45, 2.75) is 44.3 Å². The zero-order valence-electron chi connectivity index (χ0n) is 12.5. The van der Waals surface area contributed by atoms with Crippen LogP contribution >= 0.6 is 35.7 Å². The van der Waals surface area contributed by atoms with Crippen molar-refractivity contribution in [3.8, 4) is 0 Å². The van der Waals surface area contributed by atoms with E-state index in [0.717, 1.165) is 25.1 Å². The summed E-state index contributed by atoms with van der Waals surface area (Å²) in [6, 6.07) is -0.137. The van der Waals surface area contributed by atoms with E-state index in [9.17, 15) is 13.2 Å². The number of guanidine groups is 1. The summed E-state index contributed by atoms with van der Waals surface area (Å²) in [5.41, 5.74) is 0. The molecule has 0 aromatic heterocycles. The lowest BCUT2D eigenvalue weighted by Crippen LogP contribution is -2.47. The summed E-state index contributed by atoms with van der Waals surface area (Å²) >= 11 is 1.77. The van der Waals surface area contributed by atoms with Gasteiger partial charge in [-0.25, -0.2) is 0 Å². The first-order chi connectivity index (χ1) is 9.47. The van der Waals surface area contributed by atoms with Gasteiger partial charge in [0, 0.05) is 19.6 Å². The van der Waals surface area contributed by atoms with Crippen molar-refractivity contribution in [1.82, 2.24) is 10.6 Å². The number of nitrogens with zero attached hydrogens (tertiary/aromatic N) is 1. The van der Waals surface area contributed by atoms with E-state index in [2.05, 4.69) is 15.6 Å². The van der Waals surface area contributed by atoms with Gasteiger partial charge in [0.15, 0.2) is 5.96 Å². The van der Waals surface area contributed by atoms with Gasteiger partial charge in [0.1, 0.15) is 0 Å². The van der Waals surface area contributed by atoms with Crippen LogP contribution in [0.3, 0.4) is 0 Å². The second-order valence-electron chi connectivity index (χ2n) is 5.09. The predicted molar refractivity (Wildman–Crippen MR) is 94.7 cm³/mol. The summed E-state index contributed by atoms with van der Waals surface area (Å²) in [5, 5.41) is 6.27. The number of hydrogen-bond donors (Lipinski definition) is 2. The van der Waals surface area contributed by atoms with Crippen LogP contribution in [0.5, 0.6) is 0 Å². The zero-order valence-corrected chi connectivity index (χ0v) is 15.6. The molecule has 0 spiro atoms. The Balaban J connectivity index is 0.00000400. The van der Waals surface area contributed by atoms with Gasteiger partial charge in [-0.15, -0.1) is 24.0 Å². The van der Waals surface area contributed by atoms with E-state index in [-0.39, 0.29) is 42.9 Å². The number of alkyl halides is 3. The van der Waals surface area contributed by atoms with E-state index in [1.54, 1.807) is 18.8 Å². The number of halogens is 4. The SMILES string of the molecule is CN=C(NCCCSC)NC1CCCC(C(F)(F)F)C1.I. The lowest BCUT2D eigenvalue weighted by Gasteiger charge is -2.31. The maximum Gasteiger partial charge on any atom is 0.391 e. The summed E-state index contributed by atoms with van der Waals surface area (Å²) in [6.07, 6.45) is 0.777. The number of nitrogens with one attached hydrogen (secondary N) is 2. The third-order valence-corrected chi connectivity index (χ3v) is 4.22. The summed E-state index contributed by atoms with van der Waals surface area (Å²) in [7, 11) is 1.65. The first kappa shape index (κ1) is 21.1. The van der Waals surface area contributed by atoms with Gasteiger partial charge in [0.25, 0.3) is 0 Å². The molecule has 1 rings (SSSR count). The van der Waals surface area contributed by atoms with Crippen LogP contribution in [0, 0.1) is 5.92 Å². The summed E-state index contributed by atoms with van der Waals surface area (Å²) < 4.78 is 38.2. The fourth-order valence-corrected chi connectivity index (χ4v) is 2.86. The Morgan fingerprint density at radius 2 is 2.05 bits per heavy atom. The van der Waals surface area contributed by atoms with Crippen molar-refractivity contribution in [3.05, 3.63) is 0 Å². The van der Waals surface area contributed by atoms with E-state index in [4.69, 9.17) is 0 Å². The van der Waals surface area contributed by atoms with Crippen LogP contribution in [0.1, 0.15) is 32.1 Å². The fraction of sp³-hybridized carbons (Fsp3) is 0.923. The van der Waals surface area contributed by atoms with Crippen molar-refractivity contribution >= 4 is 41.7 Å². The molecule has 126 valence electrons. The highest BCUT2D eigenvalue weighted by molar-refractivity contribution is 14.0. The molecule has 1 fully saturated rings. The largest absolute Gasteiger partial charge is 0.391 e. The topological polar surface area (TPSA) is 36.4 Å². The monoisotopic (exact) mass is 439 g/mol. The zero-order chi connectivity index (χ0) is 15.0. The molecule has 1 aliphatic carbocycles. The van der Waals surface area contributed by atoms with Gasteiger partial charge >= 0.3 is 6.18 Å². The number of rotatable bonds is 5. The molecule has 0 aliphatic heterocycles. The lowest BCUT2D eigenvalue weighted by atomic mass is 9.85. The van der Waals surface area contributed by atoms with Gasteiger partial charge in [0.05, 0.1) is 5.92 Å². The molecule has 0 aromatic carbocycles. The lowest BCUT2D eigenvalue weighted by molar-refractivity contribution is -0.183.